The Labute approximate surface area is 163 Å². The number of aryl methyl sites for hydroxylation is 1. The molecule has 1 aromatic carbocycles. The monoisotopic (exact) mass is 383 g/mol. The highest BCUT2D eigenvalue weighted by molar-refractivity contribution is 5.85. The highest BCUT2D eigenvalue weighted by atomic mass is 16.4. The number of nitrogens with one attached hydrogen (secondary N) is 1. The van der Waals surface area contributed by atoms with Gasteiger partial charge in [0.1, 0.15) is 6.04 Å². The summed E-state index contributed by atoms with van der Waals surface area (Å²) in [6, 6.07) is 7.58. The van der Waals surface area contributed by atoms with Crippen molar-refractivity contribution in [2.45, 2.75) is 25.9 Å². The van der Waals surface area contributed by atoms with Crippen LogP contribution >= 0.6 is 0 Å². The Kier molecular flexibility index (Phi) is 5.04. The molecule has 28 heavy (non-hydrogen) atoms. The van der Waals surface area contributed by atoms with E-state index >= 15 is 0 Å². The van der Waals surface area contributed by atoms with Gasteiger partial charge in [0, 0.05) is 38.3 Å². The molecular formula is C20H25N5O3. The van der Waals surface area contributed by atoms with Gasteiger partial charge in [-0.25, -0.2) is 9.78 Å². The number of benzene rings is 1. The molecule has 2 N–H and O–H groups in total. The summed E-state index contributed by atoms with van der Waals surface area (Å²) in [6.07, 6.45) is 1.81. The molecule has 0 radical (unpaired) electrons. The smallest absolute Gasteiger partial charge is 0.326 e. The third-order valence-electron chi connectivity index (χ3n) is 5.60. The van der Waals surface area contributed by atoms with E-state index in [1.807, 2.05) is 0 Å². The van der Waals surface area contributed by atoms with Gasteiger partial charge >= 0.3 is 5.97 Å². The normalized spacial score (nSPS) is 20.1. The van der Waals surface area contributed by atoms with Gasteiger partial charge in [-0.2, -0.15) is 0 Å². The number of carbonyl (C=O) groups excluding carboxylic acids is 1. The summed E-state index contributed by atoms with van der Waals surface area (Å²) in [6.45, 7) is 5.86. The zero-order valence-corrected chi connectivity index (χ0v) is 16.0. The number of rotatable bonds is 4. The van der Waals surface area contributed by atoms with Crippen LogP contribution in [0.25, 0.3) is 0 Å². The van der Waals surface area contributed by atoms with E-state index in [1.54, 1.807) is 6.33 Å². The van der Waals surface area contributed by atoms with Crippen molar-refractivity contribution in [3.05, 3.63) is 47.5 Å². The Balaban J connectivity index is 1.37. The number of fused-ring (bicyclic) bond motifs is 1. The second kappa shape index (κ2) is 7.63. The maximum absolute atomic E-state index is 12.9. The Bertz CT molecular complexity index is 872. The number of aromatic nitrogens is 2. The molecule has 1 saturated heterocycles. The van der Waals surface area contributed by atoms with E-state index in [1.165, 1.54) is 16.2 Å². The lowest BCUT2D eigenvalue weighted by atomic mass is 10.0. The molecule has 1 atom stereocenters. The largest absolute Gasteiger partial charge is 0.480 e. The first kappa shape index (κ1) is 18.5. The minimum Gasteiger partial charge on any atom is -0.480 e. The van der Waals surface area contributed by atoms with Crippen LogP contribution in [-0.4, -0.2) is 75.5 Å². The van der Waals surface area contributed by atoms with Crippen LogP contribution in [0.1, 0.15) is 17.0 Å². The van der Waals surface area contributed by atoms with Crippen molar-refractivity contribution in [1.29, 1.82) is 0 Å². The molecule has 0 saturated carbocycles. The topological polar surface area (TPSA) is 92.8 Å². The van der Waals surface area contributed by atoms with Crippen LogP contribution < -0.4 is 4.90 Å². The zero-order valence-electron chi connectivity index (χ0n) is 16.0. The Morgan fingerprint density at radius 2 is 2.04 bits per heavy atom. The first-order valence-corrected chi connectivity index (χ1v) is 9.58. The van der Waals surface area contributed by atoms with Crippen molar-refractivity contribution >= 4 is 17.6 Å². The number of anilines is 1. The standard InChI is InChI=1S/C20H25N5O3/c1-14-3-2-4-15(9-14)24-7-5-23(6-8-24)12-19(26)25-11-17-16(21-13-22-17)10-18(25)20(27)28/h2-4,9,13,18H,5-8,10-12H2,1H3,(H,21,22)(H,27,28)/t18-/m0/s1. The van der Waals surface area contributed by atoms with Gasteiger partial charge in [-0.3, -0.25) is 9.69 Å². The van der Waals surface area contributed by atoms with Crippen molar-refractivity contribution in [3.63, 3.8) is 0 Å². The van der Waals surface area contributed by atoms with E-state index in [4.69, 9.17) is 0 Å². The summed E-state index contributed by atoms with van der Waals surface area (Å²) >= 11 is 0. The van der Waals surface area contributed by atoms with E-state index in [0.717, 1.165) is 37.6 Å². The van der Waals surface area contributed by atoms with E-state index in [-0.39, 0.29) is 25.4 Å². The highest BCUT2D eigenvalue weighted by Crippen LogP contribution is 2.22. The van der Waals surface area contributed by atoms with E-state index < -0.39 is 12.0 Å². The predicted octanol–water partition coefficient (Wildman–Crippen LogP) is 0.878. The fraction of sp³-hybridized carbons (Fsp3) is 0.450. The molecule has 0 aliphatic carbocycles. The van der Waals surface area contributed by atoms with Crippen LogP contribution in [0.2, 0.25) is 0 Å². The van der Waals surface area contributed by atoms with E-state index in [9.17, 15) is 14.7 Å². The molecule has 8 nitrogen and oxygen atoms in total. The molecule has 2 aliphatic heterocycles. The molecule has 4 rings (SSSR count). The summed E-state index contributed by atoms with van der Waals surface area (Å²) in [5.74, 6) is -1.12. The average Bonchev–Trinajstić information content (AvgIpc) is 3.15. The van der Waals surface area contributed by atoms with Crippen LogP contribution in [0.3, 0.4) is 0 Å². The number of amides is 1. The van der Waals surface area contributed by atoms with Crippen LogP contribution in [0.4, 0.5) is 5.69 Å². The number of H-pyrrole nitrogens is 1. The number of hydrogen-bond donors (Lipinski definition) is 2. The summed E-state index contributed by atoms with van der Waals surface area (Å²) < 4.78 is 0. The van der Waals surface area contributed by atoms with Crippen LogP contribution in [0.15, 0.2) is 30.6 Å². The number of carbonyl (C=O) groups is 2. The summed E-state index contributed by atoms with van der Waals surface area (Å²) in [5, 5.41) is 9.56. The van der Waals surface area contributed by atoms with Gasteiger partial charge in [0.25, 0.3) is 0 Å². The second-order valence-corrected chi connectivity index (χ2v) is 7.51. The number of carboxylic acids is 1. The third-order valence-corrected chi connectivity index (χ3v) is 5.60. The van der Waals surface area contributed by atoms with E-state index in [0.29, 0.717) is 0 Å². The molecule has 2 aliphatic rings. The van der Waals surface area contributed by atoms with Gasteiger partial charge < -0.3 is 19.9 Å². The Morgan fingerprint density at radius 3 is 2.75 bits per heavy atom. The fourth-order valence-corrected chi connectivity index (χ4v) is 3.99. The van der Waals surface area contributed by atoms with Crippen LogP contribution in [0.5, 0.6) is 0 Å². The number of aromatic amines is 1. The molecule has 148 valence electrons. The molecule has 0 bridgehead atoms. The molecule has 2 aromatic rings. The molecule has 0 spiro atoms. The van der Waals surface area contributed by atoms with Gasteiger partial charge in [-0.05, 0) is 24.6 Å². The maximum Gasteiger partial charge on any atom is 0.326 e. The van der Waals surface area contributed by atoms with Gasteiger partial charge in [0.2, 0.25) is 5.91 Å². The molecule has 1 amide bonds. The average molecular weight is 383 g/mol. The lowest BCUT2D eigenvalue weighted by Gasteiger charge is -2.38. The number of aliphatic carboxylic acids is 1. The third kappa shape index (κ3) is 3.73. The number of nitrogens with zero attached hydrogens (tertiary/aromatic N) is 4. The molecule has 1 aromatic heterocycles. The zero-order chi connectivity index (χ0) is 19.7. The molecule has 8 heteroatoms. The number of carboxylic acid groups (broad SMARTS) is 1. The van der Waals surface area contributed by atoms with Crippen LogP contribution in [0, 0.1) is 6.92 Å². The first-order chi connectivity index (χ1) is 13.5. The minimum atomic E-state index is -0.980. The lowest BCUT2D eigenvalue weighted by Crippen LogP contribution is -2.54. The van der Waals surface area contributed by atoms with Gasteiger partial charge in [-0.1, -0.05) is 12.1 Å². The molecule has 3 heterocycles. The van der Waals surface area contributed by atoms with E-state index in [2.05, 4.69) is 51.0 Å². The molecule has 1 fully saturated rings. The number of imidazole rings is 1. The molecule has 0 unspecified atom stereocenters. The first-order valence-electron chi connectivity index (χ1n) is 9.58. The van der Waals surface area contributed by atoms with Gasteiger partial charge in [-0.15, -0.1) is 0 Å². The maximum atomic E-state index is 12.9. The van der Waals surface area contributed by atoms with Gasteiger partial charge in [0.15, 0.2) is 0 Å². The minimum absolute atomic E-state index is 0.142. The summed E-state index contributed by atoms with van der Waals surface area (Å²) in [7, 11) is 0. The quantitative estimate of drug-likeness (QED) is 0.814. The fourth-order valence-electron chi connectivity index (χ4n) is 3.99. The van der Waals surface area contributed by atoms with Crippen molar-refractivity contribution in [2.24, 2.45) is 0 Å². The number of hydrogen-bond acceptors (Lipinski definition) is 5. The van der Waals surface area contributed by atoms with Crippen molar-refractivity contribution in [1.82, 2.24) is 19.8 Å². The van der Waals surface area contributed by atoms with Crippen molar-refractivity contribution in [3.8, 4) is 0 Å². The van der Waals surface area contributed by atoms with Crippen molar-refractivity contribution in [2.75, 3.05) is 37.6 Å². The number of piperazine rings is 1. The molecular weight excluding hydrogens is 358 g/mol. The summed E-state index contributed by atoms with van der Waals surface area (Å²) in [5.41, 5.74) is 4.01. The lowest BCUT2D eigenvalue weighted by molar-refractivity contribution is -0.152. The Hall–Kier alpha value is -2.87. The van der Waals surface area contributed by atoms with Crippen molar-refractivity contribution < 1.29 is 14.7 Å². The van der Waals surface area contributed by atoms with Crippen LogP contribution in [-0.2, 0) is 22.6 Å². The van der Waals surface area contributed by atoms with Gasteiger partial charge in [0.05, 0.1) is 30.8 Å². The Morgan fingerprint density at radius 1 is 1.25 bits per heavy atom. The SMILES string of the molecule is Cc1cccc(N2CCN(CC(=O)N3Cc4[nH]cnc4C[C@H]3C(=O)O)CC2)c1. The summed E-state index contributed by atoms with van der Waals surface area (Å²) in [4.78, 5) is 37.6. The highest BCUT2D eigenvalue weighted by Gasteiger charge is 2.36. The second-order valence-electron chi connectivity index (χ2n) is 7.51. The predicted molar refractivity (Wildman–Crippen MR) is 104 cm³/mol.